The quantitative estimate of drug-likeness (QED) is 0.328. The van der Waals surface area contributed by atoms with Crippen molar-refractivity contribution in [1.29, 1.82) is 0 Å². The van der Waals surface area contributed by atoms with Gasteiger partial charge in [-0.1, -0.05) is 66.7 Å². The number of ether oxygens (including phenoxy) is 1. The van der Waals surface area contributed by atoms with E-state index >= 15 is 0 Å². The lowest BCUT2D eigenvalue weighted by atomic mass is 9.84. The maximum absolute atomic E-state index is 6.84. The monoisotopic (exact) mass is 463 g/mol. The van der Waals surface area contributed by atoms with E-state index < -0.39 is 0 Å². The number of anilines is 1. The molecule has 6 rings (SSSR count). The summed E-state index contributed by atoms with van der Waals surface area (Å²) in [4.78, 5) is 4.70. The normalized spacial score (nSPS) is 14.2. The fraction of sp³-hybridized carbons (Fsp3) is 0.0741. The Bertz CT molecular complexity index is 1560. The number of para-hydroxylation sites is 2. The molecule has 34 heavy (non-hydrogen) atoms. The second kappa shape index (κ2) is 7.97. The number of nitrogens with two attached hydrogens (primary N) is 1. The Labute approximate surface area is 201 Å². The number of nitrogen functional groups attached to an aromatic ring is 1. The van der Waals surface area contributed by atoms with E-state index in [-0.39, 0.29) is 5.92 Å². The molecule has 3 aromatic carbocycles. The van der Waals surface area contributed by atoms with E-state index in [0.717, 1.165) is 33.8 Å². The van der Waals surface area contributed by atoms with E-state index in [1.807, 2.05) is 90.5 Å². The van der Waals surface area contributed by atoms with E-state index in [4.69, 9.17) is 32.8 Å². The van der Waals surface area contributed by atoms with Gasteiger partial charge in [-0.25, -0.2) is 4.68 Å². The van der Waals surface area contributed by atoms with E-state index in [1.54, 1.807) is 4.57 Å². The van der Waals surface area contributed by atoms with Gasteiger partial charge in [0.2, 0.25) is 16.5 Å². The summed E-state index contributed by atoms with van der Waals surface area (Å²) in [6, 6.07) is 30.0. The van der Waals surface area contributed by atoms with Crippen LogP contribution in [-0.4, -0.2) is 19.3 Å². The van der Waals surface area contributed by atoms with Gasteiger partial charge in [0.1, 0.15) is 5.82 Å². The first-order valence-electron chi connectivity index (χ1n) is 11.0. The molecule has 1 unspecified atom stereocenters. The minimum Gasteiger partial charge on any atom is -0.420 e. The molecule has 7 heteroatoms. The van der Waals surface area contributed by atoms with Crippen molar-refractivity contribution >= 4 is 18.0 Å². The molecule has 3 heterocycles. The second-order valence-corrected chi connectivity index (χ2v) is 8.53. The lowest BCUT2D eigenvalue weighted by molar-refractivity contribution is 0.401. The van der Waals surface area contributed by atoms with Crippen molar-refractivity contribution in [2.45, 2.75) is 12.8 Å². The molecular weight excluding hydrogens is 442 g/mol. The zero-order valence-electron chi connectivity index (χ0n) is 18.4. The fourth-order valence-corrected chi connectivity index (χ4v) is 4.90. The van der Waals surface area contributed by atoms with Crippen molar-refractivity contribution in [2.24, 2.45) is 0 Å². The van der Waals surface area contributed by atoms with Crippen molar-refractivity contribution in [3.63, 3.8) is 0 Å². The van der Waals surface area contributed by atoms with Crippen LogP contribution < -0.4 is 10.5 Å². The standard InChI is InChI=1S/C27H21N5OS/c1-17-21-22(18-11-5-2-6-12-18)23-24(28)31(19-13-7-3-8-14-19)27(34)29-25(23)33-26(21)32(30-17)20-15-9-4-10-16-20/h2-16,22H,28H2,1H3. The number of benzene rings is 3. The molecular formula is C27H21N5OS. The highest BCUT2D eigenvalue weighted by Crippen LogP contribution is 2.50. The van der Waals surface area contributed by atoms with Crippen molar-refractivity contribution in [1.82, 2.24) is 19.3 Å². The van der Waals surface area contributed by atoms with Crippen molar-refractivity contribution < 1.29 is 4.74 Å². The molecule has 0 amide bonds. The molecule has 0 saturated heterocycles. The minimum absolute atomic E-state index is 0.213. The van der Waals surface area contributed by atoms with Gasteiger partial charge < -0.3 is 10.5 Å². The topological polar surface area (TPSA) is 70.9 Å². The number of nitrogens with zero attached hydrogens (tertiary/aromatic N) is 4. The van der Waals surface area contributed by atoms with Crippen LogP contribution in [0.3, 0.4) is 0 Å². The lowest BCUT2D eigenvalue weighted by Crippen LogP contribution is -2.20. The molecule has 0 aliphatic carbocycles. The van der Waals surface area contributed by atoms with Crippen molar-refractivity contribution in [3.8, 4) is 23.1 Å². The largest absolute Gasteiger partial charge is 0.420 e. The van der Waals surface area contributed by atoms with Gasteiger partial charge in [-0.05, 0) is 49.0 Å². The molecule has 1 aliphatic heterocycles. The fourth-order valence-electron chi connectivity index (χ4n) is 4.61. The van der Waals surface area contributed by atoms with Crippen LogP contribution in [-0.2, 0) is 0 Å². The molecule has 0 saturated carbocycles. The predicted octanol–water partition coefficient (Wildman–Crippen LogP) is 5.96. The Kier molecular flexibility index (Phi) is 4.78. The lowest BCUT2D eigenvalue weighted by Gasteiger charge is -2.29. The van der Waals surface area contributed by atoms with E-state index in [2.05, 4.69) is 12.1 Å². The van der Waals surface area contributed by atoms with Crippen LogP contribution in [0, 0.1) is 11.7 Å². The minimum atomic E-state index is -0.213. The Morgan fingerprint density at radius 2 is 1.41 bits per heavy atom. The highest BCUT2D eigenvalue weighted by atomic mass is 32.1. The average molecular weight is 464 g/mol. The van der Waals surface area contributed by atoms with Crippen molar-refractivity contribution in [2.75, 3.05) is 5.73 Å². The molecule has 0 radical (unpaired) electrons. The van der Waals surface area contributed by atoms with Gasteiger partial charge >= 0.3 is 0 Å². The van der Waals surface area contributed by atoms with Crippen LogP contribution in [0.25, 0.3) is 11.4 Å². The second-order valence-electron chi connectivity index (χ2n) is 8.17. The number of aryl methyl sites for hydroxylation is 1. The Balaban J connectivity index is 1.65. The van der Waals surface area contributed by atoms with Crippen LogP contribution in [0.4, 0.5) is 5.82 Å². The summed E-state index contributed by atoms with van der Waals surface area (Å²) in [5.74, 6) is 1.33. The Morgan fingerprint density at radius 3 is 2.06 bits per heavy atom. The number of rotatable bonds is 3. The van der Waals surface area contributed by atoms with Crippen LogP contribution >= 0.6 is 12.2 Å². The smallest absolute Gasteiger partial charge is 0.231 e. The van der Waals surface area contributed by atoms with Crippen LogP contribution in [0.1, 0.15) is 28.3 Å². The van der Waals surface area contributed by atoms with Gasteiger partial charge in [-0.2, -0.15) is 10.1 Å². The number of hydrogen-bond donors (Lipinski definition) is 1. The van der Waals surface area contributed by atoms with Crippen LogP contribution in [0.15, 0.2) is 91.0 Å². The summed E-state index contributed by atoms with van der Waals surface area (Å²) in [6.07, 6.45) is 0. The van der Waals surface area contributed by atoms with Gasteiger partial charge in [0, 0.05) is 5.69 Å². The summed E-state index contributed by atoms with van der Waals surface area (Å²) >= 11 is 5.66. The zero-order valence-corrected chi connectivity index (χ0v) is 19.2. The summed E-state index contributed by atoms with van der Waals surface area (Å²) in [6.45, 7) is 2.00. The molecule has 0 spiro atoms. The maximum atomic E-state index is 6.84. The highest BCUT2D eigenvalue weighted by molar-refractivity contribution is 7.71. The highest BCUT2D eigenvalue weighted by Gasteiger charge is 2.38. The first kappa shape index (κ1) is 20.4. The van der Waals surface area contributed by atoms with Crippen LogP contribution in [0.5, 0.6) is 11.8 Å². The van der Waals surface area contributed by atoms with Gasteiger partial charge in [0.15, 0.2) is 0 Å². The van der Waals surface area contributed by atoms with E-state index in [1.165, 1.54) is 0 Å². The molecule has 6 nitrogen and oxygen atoms in total. The number of hydrogen-bond acceptors (Lipinski definition) is 5. The van der Waals surface area contributed by atoms with Gasteiger partial charge in [-0.3, -0.25) is 4.57 Å². The zero-order chi connectivity index (χ0) is 23.2. The molecule has 0 bridgehead atoms. The van der Waals surface area contributed by atoms with E-state index in [9.17, 15) is 0 Å². The third-order valence-electron chi connectivity index (χ3n) is 6.12. The van der Waals surface area contributed by atoms with Gasteiger partial charge in [-0.15, -0.1) is 0 Å². The maximum Gasteiger partial charge on any atom is 0.231 e. The molecule has 1 aliphatic rings. The molecule has 0 fully saturated rings. The van der Waals surface area contributed by atoms with Gasteiger partial charge in [0.05, 0.1) is 28.4 Å². The average Bonchev–Trinajstić information content (AvgIpc) is 3.20. The third-order valence-corrected chi connectivity index (χ3v) is 6.39. The molecule has 5 aromatic rings. The SMILES string of the molecule is Cc1nn(-c2ccccc2)c2c1C(c1ccccc1)c1c(nc(=S)n(-c3ccccc3)c1N)O2. The number of fused-ring (bicyclic) bond motifs is 2. The first-order chi connectivity index (χ1) is 16.6. The predicted molar refractivity (Wildman–Crippen MR) is 135 cm³/mol. The summed E-state index contributed by atoms with van der Waals surface area (Å²) < 4.78 is 10.4. The Morgan fingerprint density at radius 1 is 0.824 bits per heavy atom. The van der Waals surface area contributed by atoms with Gasteiger partial charge in [0.25, 0.3) is 0 Å². The number of aromatic nitrogens is 4. The van der Waals surface area contributed by atoms with E-state index in [0.29, 0.717) is 22.3 Å². The first-order valence-corrected chi connectivity index (χ1v) is 11.4. The summed E-state index contributed by atoms with van der Waals surface area (Å²) in [5, 5.41) is 4.84. The molecule has 166 valence electrons. The van der Waals surface area contributed by atoms with Crippen molar-refractivity contribution in [3.05, 3.63) is 118 Å². The molecule has 1 atom stereocenters. The summed E-state index contributed by atoms with van der Waals surface area (Å²) in [5.41, 5.74) is 12.3. The Hall–Kier alpha value is -4.23. The summed E-state index contributed by atoms with van der Waals surface area (Å²) in [7, 11) is 0. The third kappa shape index (κ3) is 3.13. The molecule has 2 aromatic heterocycles. The van der Waals surface area contributed by atoms with Crippen LogP contribution in [0.2, 0.25) is 0 Å². The molecule has 2 N–H and O–H groups in total.